The normalized spacial score (nSPS) is 10.8. The van der Waals surface area contributed by atoms with Gasteiger partial charge >= 0.3 is 0 Å². The molecule has 15 heavy (non-hydrogen) atoms. The SMILES string of the molecule is Cc1cc(C)nc(N(CCN)C(C)C)n1. The molecule has 0 aliphatic heterocycles. The molecule has 0 radical (unpaired) electrons. The van der Waals surface area contributed by atoms with E-state index in [0.717, 1.165) is 23.9 Å². The minimum absolute atomic E-state index is 0.370. The van der Waals surface area contributed by atoms with Crippen LogP contribution in [0.15, 0.2) is 6.07 Å². The van der Waals surface area contributed by atoms with Crippen LogP contribution in [0.1, 0.15) is 25.2 Å². The highest BCUT2D eigenvalue weighted by molar-refractivity contribution is 5.33. The zero-order chi connectivity index (χ0) is 11.4. The van der Waals surface area contributed by atoms with Gasteiger partial charge in [-0.3, -0.25) is 0 Å². The molecule has 4 nitrogen and oxygen atoms in total. The van der Waals surface area contributed by atoms with Crippen molar-refractivity contribution in [2.24, 2.45) is 5.73 Å². The van der Waals surface area contributed by atoms with Gasteiger partial charge in [0.25, 0.3) is 0 Å². The predicted molar refractivity (Wildman–Crippen MR) is 63.0 cm³/mol. The molecule has 0 aliphatic carbocycles. The van der Waals surface area contributed by atoms with Crippen molar-refractivity contribution in [1.29, 1.82) is 0 Å². The van der Waals surface area contributed by atoms with Gasteiger partial charge in [-0.05, 0) is 33.8 Å². The molecule has 0 fully saturated rings. The van der Waals surface area contributed by atoms with E-state index in [1.54, 1.807) is 0 Å². The first-order valence-corrected chi connectivity index (χ1v) is 5.33. The Hall–Kier alpha value is -1.16. The number of nitrogens with zero attached hydrogens (tertiary/aromatic N) is 3. The molecular weight excluding hydrogens is 188 g/mol. The molecular formula is C11H20N4. The highest BCUT2D eigenvalue weighted by Gasteiger charge is 2.12. The van der Waals surface area contributed by atoms with Crippen LogP contribution < -0.4 is 10.6 Å². The first-order valence-electron chi connectivity index (χ1n) is 5.33. The Morgan fingerprint density at radius 1 is 1.27 bits per heavy atom. The minimum atomic E-state index is 0.370. The fourth-order valence-electron chi connectivity index (χ4n) is 1.56. The Kier molecular flexibility index (Phi) is 4.03. The maximum atomic E-state index is 5.58. The van der Waals surface area contributed by atoms with Gasteiger partial charge in [0.1, 0.15) is 0 Å². The standard InChI is InChI=1S/C11H20N4/c1-8(2)15(6-5-12)11-13-9(3)7-10(4)14-11/h7-8H,5-6,12H2,1-4H3. The number of aryl methyl sites for hydroxylation is 2. The molecule has 0 aliphatic rings. The number of hydrogen-bond acceptors (Lipinski definition) is 4. The Morgan fingerprint density at radius 2 is 1.80 bits per heavy atom. The van der Waals surface area contributed by atoms with Crippen molar-refractivity contribution < 1.29 is 0 Å². The third-order valence-electron chi connectivity index (χ3n) is 2.22. The third-order valence-corrected chi connectivity index (χ3v) is 2.22. The van der Waals surface area contributed by atoms with Gasteiger partial charge in [-0.25, -0.2) is 9.97 Å². The quantitative estimate of drug-likeness (QED) is 0.809. The van der Waals surface area contributed by atoms with E-state index < -0.39 is 0 Å². The first kappa shape index (κ1) is 11.9. The highest BCUT2D eigenvalue weighted by Crippen LogP contribution is 2.12. The topological polar surface area (TPSA) is 55.0 Å². The summed E-state index contributed by atoms with van der Waals surface area (Å²) in [6.07, 6.45) is 0. The summed E-state index contributed by atoms with van der Waals surface area (Å²) in [6.45, 7) is 9.63. The van der Waals surface area contributed by atoms with Crippen molar-refractivity contribution in [1.82, 2.24) is 9.97 Å². The van der Waals surface area contributed by atoms with E-state index in [9.17, 15) is 0 Å². The minimum Gasteiger partial charge on any atom is -0.337 e. The zero-order valence-corrected chi connectivity index (χ0v) is 9.99. The van der Waals surface area contributed by atoms with Gasteiger partial charge in [-0.2, -0.15) is 0 Å². The van der Waals surface area contributed by atoms with Gasteiger partial charge in [0, 0.05) is 30.5 Å². The monoisotopic (exact) mass is 208 g/mol. The number of anilines is 1. The average molecular weight is 208 g/mol. The summed E-state index contributed by atoms with van der Waals surface area (Å²) < 4.78 is 0. The van der Waals surface area contributed by atoms with Crippen molar-refractivity contribution in [3.63, 3.8) is 0 Å². The molecule has 2 N–H and O–H groups in total. The van der Waals surface area contributed by atoms with Crippen molar-refractivity contribution in [3.8, 4) is 0 Å². The first-order chi connectivity index (χ1) is 7.04. The summed E-state index contributed by atoms with van der Waals surface area (Å²) in [5, 5.41) is 0. The molecule has 1 heterocycles. The van der Waals surface area contributed by atoms with Gasteiger partial charge in [0.15, 0.2) is 0 Å². The number of hydrogen-bond donors (Lipinski definition) is 1. The summed E-state index contributed by atoms with van der Waals surface area (Å²) in [6, 6.07) is 2.35. The van der Waals surface area contributed by atoms with Crippen molar-refractivity contribution in [2.45, 2.75) is 33.7 Å². The fourth-order valence-corrected chi connectivity index (χ4v) is 1.56. The molecule has 0 amide bonds. The lowest BCUT2D eigenvalue weighted by molar-refractivity contribution is 0.660. The summed E-state index contributed by atoms with van der Waals surface area (Å²) in [7, 11) is 0. The Labute approximate surface area is 91.5 Å². The number of nitrogens with two attached hydrogens (primary N) is 1. The molecule has 0 unspecified atom stereocenters. The third kappa shape index (κ3) is 3.16. The van der Waals surface area contributed by atoms with Crippen molar-refractivity contribution >= 4 is 5.95 Å². The molecule has 0 atom stereocenters. The van der Waals surface area contributed by atoms with Crippen LogP contribution in [0.2, 0.25) is 0 Å². The van der Waals surface area contributed by atoms with Crippen LogP contribution in [0.3, 0.4) is 0 Å². The molecule has 1 aromatic rings. The maximum absolute atomic E-state index is 5.58. The molecule has 4 heteroatoms. The maximum Gasteiger partial charge on any atom is 0.226 e. The van der Waals surface area contributed by atoms with Crippen molar-refractivity contribution in [3.05, 3.63) is 17.5 Å². The summed E-state index contributed by atoms with van der Waals surface area (Å²) >= 11 is 0. The predicted octanol–water partition coefficient (Wildman–Crippen LogP) is 1.27. The van der Waals surface area contributed by atoms with Crippen LogP contribution in [0.4, 0.5) is 5.95 Å². The zero-order valence-electron chi connectivity index (χ0n) is 9.99. The van der Waals surface area contributed by atoms with Crippen LogP contribution in [-0.4, -0.2) is 29.1 Å². The van der Waals surface area contributed by atoms with E-state index >= 15 is 0 Å². The van der Waals surface area contributed by atoms with Crippen LogP contribution >= 0.6 is 0 Å². The smallest absolute Gasteiger partial charge is 0.226 e. The molecule has 84 valence electrons. The van der Waals surface area contributed by atoms with Gasteiger partial charge in [-0.15, -0.1) is 0 Å². The largest absolute Gasteiger partial charge is 0.337 e. The molecule has 0 bridgehead atoms. The molecule has 1 aromatic heterocycles. The van der Waals surface area contributed by atoms with Crippen molar-refractivity contribution in [2.75, 3.05) is 18.0 Å². The second-order valence-corrected chi connectivity index (χ2v) is 4.03. The van der Waals surface area contributed by atoms with Crippen LogP contribution in [-0.2, 0) is 0 Å². The lowest BCUT2D eigenvalue weighted by atomic mass is 10.3. The average Bonchev–Trinajstić information content (AvgIpc) is 2.11. The lowest BCUT2D eigenvalue weighted by Crippen LogP contribution is -2.36. The van der Waals surface area contributed by atoms with E-state index in [2.05, 4.69) is 28.7 Å². The van der Waals surface area contributed by atoms with Crippen LogP contribution in [0.5, 0.6) is 0 Å². The Bertz CT molecular complexity index is 302. The van der Waals surface area contributed by atoms with Crippen LogP contribution in [0, 0.1) is 13.8 Å². The van der Waals surface area contributed by atoms with Gasteiger partial charge in [0.2, 0.25) is 5.95 Å². The number of rotatable bonds is 4. The summed E-state index contributed by atoms with van der Waals surface area (Å²) in [5.74, 6) is 0.785. The Morgan fingerprint density at radius 3 is 2.20 bits per heavy atom. The lowest BCUT2D eigenvalue weighted by Gasteiger charge is -2.26. The summed E-state index contributed by atoms with van der Waals surface area (Å²) in [4.78, 5) is 11.0. The highest BCUT2D eigenvalue weighted by atomic mass is 15.3. The van der Waals surface area contributed by atoms with E-state index in [1.165, 1.54) is 0 Å². The van der Waals surface area contributed by atoms with E-state index in [-0.39, 0.29) is 0 Å². The van der Waals surface area contributed by atoms with Gasteiger partial charge in [0.05, 0.1) is 0 Å². The second-order valence-electron chi connectivity index (χ2n) is 4.03. The summed E-state index contributed by atoms with van der Waals surface area (Å²) in [5.41, 5.74) is 7.58. The molecule has 0 saturated carbocycles. The van der Waals surface area contributed by atoms with E-state index in [4.69, 9.17) is 5.73 Å². The fraction of sp³-hybridized carbons (Fsp3) is 0.636. The van der Waals surface area contributed by atoms with E-state index in [1.807, 2.05) is 19.9 Å². The van der Waals surface area contributed by atoms with Crippen LogP contribution in [0.25, 0.3) is 0 Å². The van der Waals surface area contributed by atoms with Gasteiger partial charge in [-0.1, -0.05) is 0 Å². The van der Waals surface area contributed by atoms with E-state index in [0.29, 0.717) is 12.6 Å². The molecule has 1 rings (SSSR count). The molecule has 0 spiro atoms. The number of aromatic nitrogens is 2. The second kappa shape index (κ2) is 5.07. The van der Waals surface area contributed by atoms with Gasteiger partial charge < -0.3 is 10.6 Å². The molecule has 0 saturated heterocycles. The molecule has 0 aromatic carbocycles. The Balaban J connectivity index is 2.99.